The van der Waals surface area contributed by atoms with E-state index in [0.29, 0.717) is 0 Å². The zero-order valence-corrected chi connectivity index (χ0v) is 10.1. The maximum atomic E-state index is 11.9. The highest BCUT2D eigenvalue weighted by Crippen LogP contribution is 2.21. The number of imide groups is 1. The standard InChI is InChI=1S/C11H14N2O2S/c1-7(2)13-10(14)5-9(11(13)15)12-8-3-4-16-6-8/h3-4,6-7,9,12H,5H2,1-2H3. The van der Waals surface area contributed by atoms with Gasteiger partial charge in [0.15, 0.2) is 0 Å². The molecule has 0 aromatic carbocycles. The average Bonchev–Trinajstić information content (AvgIpc) is 2.76. The van der Waals surface area contributed by atoms with Crippen molar-refractivity contribution in [2.75, 3.05) is 5.32 Å². The van der Waals surface area contributed by atoms with E-state index in [9.17, 15) is 9.59 Å². The number of hydrogen-bond acceptors (Lipinski definition) is 4. The lowest BCUT2D eigenvalue weighted by molar-refractivity contribution is -0.140. The van der Waals surface area contributed by atoms with Gasteiger partial charge in [-0.25, -0.2) is 0 Å². The summed E-state index contributed by atoms with van der Waals surface area (Å²) in [6.07, 6.45) is 0.257. The second kappa shape index (κ2) is 4.25. The fourth-order valence-corrected chi connectivity index (χ4v) is 2.45. The Labute approximate surface area is 98.3 Å². The first-order chi connectivity index (χ1) is 7.59. The third-order valence-corrected chi connectivity index (χ3v) is 3.24. The summed E-state index contributed by atoms with van der Waals surface area (Å²) >= 11 is 1.56. The number of carbonyl (C=O) groups excluding carboxylic acids is 2. The third kappa shape index (κ3) is 1.95. The molecule has 0 aliphatic carbocycles. The zero-order valence-electron chi connectivity index (χ0n) is 9.27. The summed E-state index contributed by atoms with van der Waals surface area (Å²) in [5.41, 5.74) is 0.904. The number of hydrogen-bond donors (Lipinski definition) is 1. The van der Waals surface area contributed by atoms with Gasteiger partial charge in [0.2, 0.25) is 5.91 Å². The number of likely N-dealkylation sites (tertiary alicyclic amines) is 1. The normalized spacial score (nSPS) is 20.9. The lowest BCUT2D eigenvalue weighted by Crippen LogP contribution is -2.39. The molecule has 5 heteroatoms. The summed E-state index contributed by atoms with van der Waals surface area (Å²) in [7, 11) is 0. The first-order valence-electron chi connectivity index (χ1n) is 5.24. The minimum atomic E-state index is -0.399. The predicted molar refractivity (Wildman–Crippen MR) is 63.3 cm³/mol. The summed E-state index contributed by atoms with van der Waals surface area (Å²) in [6.45, 7) is 3.70. The minimum Gasteiger partial charge on any atom is -0.373 e. The molecule has 16 heavy (non-hydrogen) atoms. The molecule has 1 fully saturated rings. The molecule has 1 aliphatic rings. The molecule has 86 valence electrons. The van der Waals surface area contributed by atoms with Gasteiger partial charge in [-0.15, -0.1) is 0 Å². The van der Waals surface area contributed by atoms with Gasteiger partial charge in [0.05, 0.1) is 6.42 Å². The average molecular weight is 238 g/mol. The van der Waals surface area contributed by atoms with Crippen LogP contribution in [0, 0.1) is 0 Å². The summed E-state index contributed by atoms with van der Waals surface area (Å²) in [6, 6.07) is 1.44. The van der Waals surface area contributed by atoms with Crippen LogP contribution in [0.15, 0.2) is 16.8 Å². The number of rotatable bonds is 3. The van der Waals surface area contributed by atoms with Crippen molar-refractivity contribution in [3.63, 3.8) is 0 Å². The van der Waals surface area contributed by atoms with Crippen LogP contribution in [0.1, 0.15) is 20.3 Å². The third-order valence-electron chi connectivity index (χ3n) is 2.56. The Bertz CT molecular complexity index is 400. The van der Waals surface area contributed by atoms with Crippen molar-refractivity contribution >= 4 is 28.8 Å². The van der Waals surface area contributed by atoms with Crippen LogP contribution in [0.3, 0.4) is 0 Å². The van der Waals surface area contributed by atoms with Gasteiger partial charge in [-0.1, -0.05) is 0 Å². The number of thiophene rings is 1. The van der Waals surface area contributed by atoms with Crippen LogP contribution in [0.5, 0.6) is 0 Å². The zero-order chi connectivity index (χ0) is 11.7. The molecule has 1 aromatic rings. The molecule has 1 atom stereocenters. The molecule has 0 radical (unpaired) electrons. The van der Waals surface area contributed by atoms with Crippen LogP contribution in [0.4, 0.5) is 5.69 Å². The van der Waals surface area contributed by atoms with Crippen molar-refractivity contribution in [3.05, 3.63) is 16.8 Å². The number of amides is 2. The van der Waals surface area contributed by atoms with Crippen molar-refractivity contribution in [2.45, 2.75) is 32.4 Å². The highest BCUT2D eigenvalue weighted by atomic mass is 32.1. The number of nitrogens with one attached hydrogen (secondary N) is 1. The summed E-state index contributed by atoms with van der Waals surface area (Å²) < 4.78 is 0. The smallest absolute Gasteiger partial charge is 0.252 e. The molecule has 2 heterocycles. The van der Waals surface area contributed by atoms with Crippen molar-refractivity contribution in [1.82, 2.24) is 4.90 Å². The van der Waals surface area contributed by atoms with E-state index in [1.54, 1.807) is 11.3 Å². The molecule has 2 rings (SSSR count). The van der Waals surface area contributed by atoms with Crippen LogP contribution in [0.2, 0.25) is 0 Å². The second-order valence-corrected chi connectivity index (χ2v) is 4.89. The Hall–Kier alpha value is -1.36. The quantitative estimate of drug-likeness (QED) is 0.815. The summed E-state index contributed by atoms with van der Waals surface area (Å²) in [5.74, 6) is -0.209. The SMILES string of the molecule is CC(C)N1C(=O)CC(Nc2ccsc2)C1=O. The van der Waals surface area contributed by atoms with E-state index in [1.165, 1.54) is 4.90 Å². The highest BCUT2D eigenvalue weighted by molar-refractivity contribution is 7.08. The lowest BCUT2D eigenvalue weighted by Gasteiger charge is -2.19. The molecule has 0 saturated carbocycles. The van der Waals surface area contributed by atoms with Crippen LogP contribution < -0.4 is 5.32 Å². The van der Waals surface area contributed by atoms with Crippen LogP contribution >= 0.6 is 11.3 Å². The molecule has 2 amide bonds. The summed E-state index contributed by atoms with van der Waals surface area (Å²) in [4.78, 5) is 24.9. The van der Waals surface area contributed by atoms with E-state index in [-0.39, 0.29) is 24.3 Å². The number of carbonyl (C=O) groups is 2. The van der Waals surface area contributed by atoms with E-state index in [2.05, 4.69) is 5.32 Å². The Morgan fingerprint density at radius 1 is 1.50 bits per heavy atom. The molecular formula is C11H14N2O2S. The molecule has 0 spiro atoms. The van der Waals surface area contributed by atoms with Crippen LogP contribution in [-0.4, -0.2) is 28.8 Å². The number of nitrogens with zero attached hydrogens (tertiary/aromatic N) is 1. The van der Waals surface area contributed by atoms with Gasteiger partial charge in [0.1, 0.15) is 6.04 Å². The van der Waals surface area contributed by atoms with Crippen molar-refractivity contribution in [3.8, 4) is 0 Å². The number of anilines is 1. The van der Waals surface area contributed by atoms with E-state index in [1.807, 2.05) is 30.7 Å². The molecule has 1 N–H and O–H groups in total. The fraction of sp³-hybridized carbons (Fsp3) is 0.455. The van der Waals surface area contributed by atoms with E-state index in [0.717, 1.165) is 5.69 Å². The molecule has 0 bridgehead atoms. The Balaban J connectivity index is 2.09. The predicted octanol–water partition coefficient (Wildman–Crippen LogP) is 1.70. The topological polar surface area (TPSA) is 49.4 Å². The van der Waals surface area contributed by atoms with Gasteiger partial charge >= 0.3 is 0 Å². The second-order valence-electron chi connectivity index (χ2n) is 4.11. The minimum absolute atomic E-state index is 0.0609. The highest BCUT2D eigenvalue weighted by Gasteiger charge is 2.39. The first kappa shape index (κ1) is 11.1. The molecule has 4 nitrogen and oxygen atoms in total. The van der Waals surface area contributed by atoms with Gasteiger partial charge in [-0.05, 0) is 25.3 Å². The van der Waals surface area contributed by atoms with Crippen molar-refractivity contribution < 1.29 is 9.59 Å². The molecular weight excluding hydrogens is 224 g/mol. The Kier molecular flexibility index (Phi) is 2.96. The van der Waals surface area contributed by atoms with E-state index >= 15 is 0 Å². The van der Waals surface area contributed by atoms with E-state index < -0.39 is 6.04 Å². The Morgan fingerprint density at radius 3 is 2.75 bits per heavy atom. The molecule has 1 aliphatic heterocycles. The van der Waals surface area contributed by atoms with Crippen LogP contribution in [0.25, 0.3) is 0 Å². The van der Waals surface area contributed by atoms with Gasteiger partial charge in [0, 0.05) is 17.1 Å². The largest absolute Gasteiger partial charge is 0.373 e. The first-order valence-corrected chi connectivity index (χ1v) is 6.18. The molecule has 1 unspecified atom stereocenters. The lowest BCUT2D eigenvalue weighted by atomic mass is 10.2. The van der Waals surface area contributed by atoms with Gasteiger partial charge in [-0.2, -0.15) is 11.3 Å². The molecule has 1 saturated heterocycles. The fourth-order valence-electron chi connectivity index (χ4n) is 1.85. The van der Waals surface area contributed by atoms with Gasteiger partial charge in [0.25, 0.3) is 5.91 Å². The maximum absolute atomic E-state index is 11.9. The van der Waals surface area contributed by atoms with Gasteiger partial charge in [-0.3, -0.25) is 14.5 Å². The van der Waals surface area contributed by atoms with Crippen molar-refractivity contribution in [1.29, 1.82) is 0 Å². The summed E-state index contributed by atoms with van der Waals surface area (Å²) in [5, 5.41) is 6.94. The molecule has 1 aromatic heterocycles. The maximum Gasteiger partial charge on any atom is 0.252 e. The van der Waals surface area contributed by atoms with Crippen molar-refractivity contribution in [2.24, 2.45) is 0 Å². The monoisotopic (exact) mass is 238 g/mol. The van der Waals surface area contributed by atoms with Gasteiger partial charge < -0.3 is 5.32 Å². The Morgan fingerprint density at radius 2 is 2.25 bits per heavy atom. The van der Waals surface area contributed by atoms with Crippen LogP contribution in [-0.2, 0) is 9.59 Å². The van der Waals surface area contributed by atoms with E-state index in [4.69, 9.17) is 0 Å².